The SMILES string of the molecule is CCOc1ccc(C(=O)N2CCN(CC)CC2)cc1[N+](=O)[O-]. The van der Waals surface area contributed by atoms with E-state index < -0.39 is 4.92 Å². The summed E-state index contributed by atoms with van der Waals surface area (Å²) in [6.45, 7) is 8.12. The summed E-state index contributed by atoms with van der Waals surface area (Å²) in [5, 5.41) is 11.1. The van der Waals surface area contributed by atoms with Crippen LogP contribution in [-0.2, 0) is 0 Å². The van der Waals surface area contributed by atoms with E-state index in [2.05, 4.69) is 11.8 Å². The molecule has 1 aliphatic heterocycles. The molecule has 0 N–H and O–H groups in total. The number of hydrogen-bond donors (Lipinski definition) is 0. The van der Waals surface area contributed by atoms with Crippen LogP contribution in [0.1, 0.15) is 24.2 Å². The molecule has 1 saturated heterocycles. The fourth-order valence-electron chi connectivity index (χ4n) is 2.52. The third-order valence-electron chi connectivity index (χ3n) is 3.81. The van der Waals surface area contributed by atoms with Gasteiger partial charge in [-0.1, -0.05) is 6.92 Å². The smallest absolute Gasteiger partial charge is 0.311 e. The number of hydrogen-bond acceptors (Lipinski definition) is 5. The lowest BCUT2D eigenvalue weighted by Gasteiger charge is -2.34. The highest BCUT2D eigenvalue weighted by molar-refractivity contribution is 5.95. The van der Waals surface area contributed by atoms with Crippen LogP contribution in [0, 0.1) is 10.1 Å². The fourth-order valence-corrected chi connectivity index (χ4v) is 2.52. The highest BCUT2D eigenvalue weighted by atomic mass is 16.6. The number of ether oxygens (including phenoxy) is 1. The molecule has 1 aliphatic rings. The van der Waals surface area contributed by atoms with Gasteiger partial charge in [0.2, 0.25) is 0 Å². The standard InChI is InChI=1S/C15H21N3O4/c1-3-16-7-9-17(10-8-16)15(19)12-5-6-14(22-4-2)13(11-12)18(20)21/h5-6,11H,3-4,7-10H2,1-2H3. The quantitative estimate of drug-likeness (QED) is 0.612. The molecule has 0 aromatic heterocycles. The predicted molar refractivity (Wildman–Crippen MR) is 82.3 cm³/mol. The zero-order chi connectivity index (χ0) is 16.1. The Kier molecular flexibility index (Phi) is 5.32. The number of nitro groups is 1. The summed E-state index contributed by atoms with van der Waals surface area (Å²) in [6.07, 6.45) is 0. The molecule has 2 rings (SSSR count). The monoisotopic (exact) mass is 307 g/mol. The number of likely N-dealkylation sites (N-methyl/N-ethyl adjacent to an activating group) is 1. The summed E-state index contributed by atoms with van der Waals surface area (Å²) in [5.41, 5.74) is 0.167. The van der Waals surface area contributed by atoms with Gasteiger partial charge >= 0.3 is 5.69 Å². The van der Waals surface area contributed by atoms with Crippen LogP contribution in [0.25, 0.3) is 0 Å². The van der Waals surface area contributed by atoms with E-state index in [0.29, 0.717) is 25.3 Å². The predicted octanol–water partition coefficient (Wildman–Crippen LogP) is 1.77. The van der Waals surface area contributed by atoms with Gasteiger partial charge in [-0.2, -0.15) is 0 Å². The van der Waals surface area contributed by atoms with Crippen molar-refractivity contribution in [3.05, 3.63) is 33.9 Å². The molecule has 1 amide bonds. The van der Waals surface area contributed by atoms with Crippen LogP contribution >= 0.6 is 0 Å². The summed E-state index contributed by atoms with van der Waals surface area (Å²) in [6, 6.07) is 4.39. The van der Waals surface area contributed by atoms with Gasteiger partial charge in [-0.3, -0.25) is 14.9 Å². The largest absolute Gasteiger partial charge is 0.487 e. The molecule has 0 aliphatic carbocycles. The lowest BCUT2D eigenvalue weighted by atomic mass is 10.1. The summed E-state index contributed by atoms with van der Waals surface area (Å²) < 4.78 is 5.23. The molecule has 0 radical (unpaired) electrons. The Bertz CT molecular complexity index is 554. The Morgan fingerprint density at radius 1 is 1.27 bits per heavy atom. The number of amides is 1. The Morgan fingerprint density at radius 2 is 1.95 bits per heavy atom. The van der Waals surface area contributed by atoms with E-state index in [-0.39, 0.29) is 17.3 Å². The number of nitrogens with zero attached hydrogens (tertiary/aromatic N) is 3. The maximum Gasteiger partial charge on any atom is 0.311 e. The second-order valence-corrected chi connectivity index (χ2v) is 5.10. The van der Waals surface area contributed by atoms with Crippen molar-refractivity contribution in [2.24, 2.45) is 0 Å². The first kappa shape index (κ1) is 16.2. The molecule has 1 aromatic carbocycles. The molecular formula is C15H21N3O4. The Labute approximate surface area is 129 Å². The molecule has 22 heavy (non-hydrogen) atoms. The molecule has 0 unspecified atom stereocenters. The maximum atomic E-state index is 12.5. The first-order valence-corrected chi connectivity index (χ1v) is 7.49. The number of carbonyl (C=O) groups is 1. The third-order valence-corrected chi connectivity index (χ3v) is 3.81. The highest BCUT2D eigenvalue weighted by Crippen LogP contribution is 2.28. The summed E-state index contributed by atoms with van der Waals surface area (Å²) >= 11 is 0. The van der Waals surface area contributed by atoms with Crippen LogP contribution < -0.4 is 4.74 Å². The molecule has 7 heteroatoms. The molecule has 0 bridgehead atoms. The van der Waals surface area contributed by atoms with Crippen molar-refractivity contribution < 1.29 is 14.5 Å². The van der Waals surface area contributed by atoms with E-state index in [0.717, 1.165) is 19.6 Å². The molecule has 0 saturated carbocycles. The average molecular weight is 307 g/mol. The van der Waals surface area contributed by atoms with Crippen molar-refractivity contribution in [1.29, 1.82) is 0 Å². The van der Waals surface area contributed by atoms with Crippen molar-refractivity contribution in [3.8, 4) is 5.75 Å². The van der Waals surface area contributed by atoms with Crippen molar-refractivity contribution >= 4 is 11.6 Å². The number of carbonyl (C=O) groups excluding carboxylic acids is 1. The summed E-state index contributed by atoms with van der Waals surface area (Å²) in [7, 11) is 0. The van der Waals surface area contributed by atoms with Crippen molar-refractivity contribution in [1.82, 2.24) is 9.80 Å². The first-order valence-electron chi connectivity index (χ1n) is 7.49. The minimum absolute atomic E-state index is 0.165. The molecule has 1 aromatic rings. The minimum atomic E-state index is -0.517. The third kappa shape index (κ3) is 3.54. The summed E-state index contributed by atoms with van der Waals surface area (Å²) in [4.78, 5) is 27.1. The van der Waals surface area contributed by atoms with E-state index in [1.54, 1.807) is 17.9 Å². The van der Waals surface area contributed by atoms with E-state index in [9.17, 15) is 14.9 Å². The van der Waals surface area contributed by atoms with Crippen LogP contribution in [0.3, 0.4) is 0 Å². The van der Waals surface area contributed by atoms with Crippen LogP contribution in [0.15, 0.2) is 18.2 Å². The Morgan fingerprint density at radius 3 is 2.50 bits per heavy atom. The average Bonchev–Trinajstić information content (AvgIpc) is 2.54. The second-order valence-electron chi connectivity index (χ2n) is 5.10. The lowest BCUT2D eigenvalue weighted by molar-refractivity contribution is -0.385. The fraction of sp³-hybridized carbons (Fsp3) is 0.533. The van der Waals surface area contributed by atoms with Crippen LogP contribution in [0.5, 0.6) is 5.75 Å². The van der Waals surface area contributed by atoms with Gasteiger partial charge in [0, 0.05) is 37.8 Å². The first-order chi connectivity index (χ1) is 10.6. The van der Waals surface area contributed by atoms with Gasteiger partial charge in [0.1, 0.15) is 0 Å². The number of benzene rings is 1. The summed E-state index contributed by atoms with van der Waals surface area (Å²) in [5.74, 6) is 0.0294. The van der Waals surface area contributed by atoms with Crippen LogP contribution in [0.4, 0.5) is 5.69 Å². The molecule has 0 spiro atoms. The topological polar surface area (TPSA) is 75.9 Å². The molecule has 120 valence electrons. The molecule has 1 heterocycles. The zero-order valence-electron chi connectivity index (χ0n) is 12.9. The van der Waals surface area contributed by atoms with Gasteiger partial charge in [-0.05, 0) is 25.6 Å². The zero-order valence-corrected chi connectivity index (χ0v) is 12.9. The lowest BCUT2D eigenvalue weighted by Crippen LogP contribution is -2.48. The van der Waals surface area contributed by atoms with E-state index in [4.69, 9.17) is 4.74 Å². The Balaban J connectivity index is 2.16. The normalized spacial score (nSPS) is 15.6. The minimum Gasteiger partial charge on any atom is -0.487 e. The van der Waals surface area contributed by atoms with Gasteiger partial charge in [-0.25, -0.2) is 0 Å². The van der Waals surface area contributed by atoms with Gasteiger partial charge in [0.05, 0.1) is 11.5 Å². The van der Waals surface area contributed by atoms with Crippen LogP contribution in [0.2, 0.25) is 0 Å². The van der Waals surface area contributed by atoms with Gasteiger partial charge < -0.3 is 14.5 Å². The molecule has 0 atom stereocenters. The molecule has 1 fully saturated rings. The highest BCUT2D eigenvalue weighted by Gasteiger charge is 2.24. The molecule has 7 nitrogen and oxygen atoms in total. The number of piperazine rings is 1. The van der Waals surface area contributed by atoms with Gasteiger partial charge in [-0.15, -0.1) is 0 Å². The number of rotatable bonds is 5. The molecular weight excluding hydrogens is 286 g/mol. The van der Waals surface area contributed by atoms with E-state index in [1.165, 1.54) is 12.1 Å². The van der Waals surface area contributed by atoms with Crippen molar-refractivity contribution in [2.45, 2.75) is 13.8 Å². The van der Waals surface area contributed by atoms with E-state index >= 15 is 0 Å². The number of nitro benzene ring substituents is 1. The van der Waals surface area contributed by atoms with Gasteiger partial charge in [0.25, 0.3) is 5.91 Å². The van der Waals surface area contributed by atoms with Crippen molar-refractivity contribution in [3.63, 3.8) is 0 Å². The van der Waals surface area contributed by atoms with Crippen LogP contribution in [-0.4, -0.2) is 60.0 Å². The maximum absolute atomic E-state index is 12.5. The van der Waals surface area contributed by atoms with E-state index in [1.807, 2.05) is 0 Å². The second kappa shape index (κ2) is 7.22. The van der Waals surface area contributed by atoms with Gasteiger partial charge in [0.15, 0.2) is 5.75 Å². The Hall–Kier alpha value is -2.15. The van der Waals surface area contributed by atoms with Crippen molar-refractivity contribution in [2.75, 3.05) is 39.3 Å².